The van der Waals surface area contributed by atoms with Gasteiger partial charge in [0, 0.05) is 12.6 Å². The van der Waals surface area contributed by atoms with Crippen LogP contribution in [0.1, 0.15) is 51.9 Å². The molecule has 0 heterocycles. The monoisotopic (exact) mass is 211 g/mol. The summed E-state index contributed by atoms with van der Waals surface area (Å²) in [7, 11) is 0. The van der Waals surface area contributed by atoms with Gasteiger partial charge in [-0.25, -0.2) is 0 Å². The van der Waals surface area contributed by atoms with Crippen molar-refractivity contribution in [1.82, 2.24) is 5.32 Å². The normalized spacial score (nSPS) is 34.0. The Balaban J connectivity index is 1.59. The Hall–Kier alpha value is -0.0800. The Morgan fingerprint density at radius 2 is 1.80 bits per heavy atom. The van der Waals surface area contributed by atoms with Crippen molar-refractivity contribution in [2.45, 2.75) is 64.0 Å². The van der Waals surface area contributed by atoms with Gasteiger partial charge in [-0.15, -0.1) is 0 Å². The van der Waals surface area contributed by atoms with Gasteiger partial charge in [-0.3, -0.25) is 0 Å². The quantitative estimate of drug-likeness (QED) is 0.731. The summed E-state index contributed by atoms with van der Waals surface area (Å²) in [5.41, 5.74) is 0. The number of hydrogen-bond acceptors (Lipinski definition) is 2. The van der Waals surface area contributed by atoms with Crippen molar-refractivity contribution in [2.75, 3.05) is 6.54 Å². The third kappa shape index (κ3) is 3.46. The molecule has 0 saturated heterocycles. The second-order valence-corrected chi connectivity index (χ2v) is 5.44. The zero-order valence-corrected chi connectivity index (χ0v) is 9.91. The molecule has 2 rings (SSSR count). The molecule has 2 heteroatoms. The van der Waals surface area contributed by atoms with E-state index in [1.165, 1.54) is 44.9 Å². The molecule has 2 N–H and O–H groups in total. The third-order valence-electron chi connectivity index (χ3n) is 4.21. The second-order valence-electron chi connectivity index (χ2n) is 5.44. The molecule has 0 aliphatic heterocycles. The predicted molar refractivity (Wildman–Crippen MR) is 62.8 cm³/mol. The molecule has 0 aromatic heterocycles. The van der Waals surface area contributed by atoms with Crippen LogP contribution in [0.4, 0.5) is 0 Å². The molecule has 2 aliphatic carbocycles. The average molecular weight is 211 g/mol. The van der Waals surface area contributed by atoms with Gasteiger partial charge in [0.05, 0.1) is 6.10 Å². The zero-order valence-electron chi connectivity index (χ0n) is 9.91. The van der Waals surface area contributed by atoms with Crippen LogP contribution in [0.15, 0.2) is 0 Å². The summed E-state index contributed by atoms with van der Waals surface area (Å²) in [4.78, 5) is 0. The first-order chi connectivity index (χ1) is 7.29. The molecule has 15 heavy (non-hydrogen) atoms. The lowest BCUT2D eigenvalue weighted by Crippen LogP contribution is -2.38. The Bertz CT molecular complexity index is 183. The molecule has 0 radical (unpaired) electrons. The van der Waals surface area contributed by atoms with E-state index in [0.717, 1.165) is 12.5 Å². The fraction of sp³-hybridized carbons (Fsp3) is 1.00. The SMILES string of the molecule is CCC1CCC(NCC(O)C2CC2)CC1. The molecule has 0 aromatic rings. The van der Waals surface area contributed by atoms with E-state index in [4.69, 9.17) is 0 Å². The van der Waals surface area contributed by atoms with Crippen LogP contribution in [0, 0.1) is 11.8 Å². The summed E-state index contributed by atoms with van der Waals surface area (Å²) in [6.45, 7) is 3.13. The molecule has 2 nitrogen and oxygen atoms in total. The highest BCUT2D eigenvalue weighted by Crippen LogP contribution is 2.32. The number of nitrogens with one attached hydrogen (secondary N) is 1. The highest BCUT2D eigenvalue weighted by molar-refractivity contribution is 4.84. The first kappa shape index (κ1) is 11.4. The number of aliphatic hydroxyl groups is 1. The number of rotatable bonds is 5. The van der Waals surface area contributed by atoms with E-state index in [1.807, 2.05) is 0 Å². The minimum atomic E-state index is -0.0751. The number of hydrogen-bond donors (Lipinski definition) is 2. The van der Waals surface area contributed by atoms with Crippen molar-refractivity contribution in [3.05, 3.63) is 0 Å². The van der Waals surface area contributed by atoms with Crippen LogP contribution in [0.25, 0.3) is 0 Å². The molecule has 0 amide bonds. The third-order valence-corrected chi connectivity index (χ3v) is 4.21. The van der Waals surface area contributed by atoms with Crippen LogP contribution < -0.4 is 5.32 Å². The van der Waals surface area contributed by atoms with Gasteiger partial charge in [0.25, 0.3) is 0 Å². The lowest BCUT2D eigenvalue weighted by atomic mass is 9.84. The summed E-state index contributed by atoms with van der Waals surface area (Å²) in [6.07, 6.45) is 9.15. The van der Waals surface area contributed by atoms with Crippen molar-refractivity contribution in [1.29, 1.82) is 0 Å². The Morgan fingerprint density at radius 3 is 2.33 bits per heavy atom. The van der Waals surface area contributed by atoms with E-state index < -0.39 is 0 Å². The number of aliphatic hydroxyl groups excluding tert-OH is 1. The summed E-state index contributed by atoms with van der Waals surface area (Å²) in [6, 6.07) is 0.682. The molecule has 0 aromatic carbocycles. The average Bonchev–Trinajstić information content (AvgIpc) is 3.10. The highest BCUT2D eigenvalue weighted by Gasteiger charge is 2.30. The van der Waals surface area contributed by atoms with Gasteiger partial charge < -0.3 is 10.4 Å². The van der Waals surface area contributed by atoms with E-state index >= 15 is 0 Å². The van der Waals surface area contributed by atoms with Gasteiger partial charge in [0.1, 0.15) is 0 Å². The zero-order chi connectivity index (χ0) is 10.7. The molecule has 0 spiro atoms. The minimum absolute atomic E-state index is 0.0751. The van der Waals surface area contributed by atoms with Crippen molar-refractivity contribution in [3.63, 3.8) is 0 Å². The van der Waals surface area contributed by atoms with Crippen LogP contribution >= 0.6 is 0 Å². The smallest absolute Gasteiger partial charge is 0.0692 e. The fourth-order valence-corrected chi connectivity index (χ4v) is 2.71. The van der Waals surface area contributed by atoms with E-state index in [2.05, 4.69) is 12.2 Å². The molecule has 2 aliphatic rings. The predicted octanol–water partition coefficient (Wildman–Crippen LogP) is 2.32. The van der Waals surface area contributed by atoms with Gasteiger partial charge in [0.2, 0.25) is 0 Å². The van der Waals surface area contributed by atoms with Gasteiger partial charge in [-0.1, -0.05) is 13.3 Å². The van der Waals surface area contributed by atoms with E-state index in [0.29, 0.717) is 12.0 Å². The van der Waals surface area contributed by atoms with Gasteiger partial charge in [-0.05, 0) is 50.4 Å². The van der Waals surface area contributed by atoms with Crippen LogP contribution in [0.5, 0.6) is 0 Å². The highest BCUT2D eigenvalue weighted by atomic mass is 16.3. The second kappa shape index (κ2) is 5.31. The maximum absolute atomic E-state index is 9.76. The Labute approximate surface area is 93.5 Å². The largest absolute Gasteiger partial charge is 0.392 e. The van der Waals surface area contributed by atoms with Crippen molar-refractivity contribution in [2.24, 2.45) is 11.8 Å². The van der Waals surface area contributed by atoms with Crippen LogP contribution in [0.3, 0.4) is 0 Å². The Kier molecular flexibility index (Phi) is 4.04. The summed E-state index contributed by atoms with van der Waals surface area (Å²) in [5.74, 6) is 1.58. The lowest BCUT2D eigenvalue weighted by molar-refractivity contribution is 0.139. The van der Waals surface area contributed by atoms with Gasteiger partial charge >= 0.3 is 0 Å². The minimum Gasteiger partial charge on any atom is -0.392 e. The molecule has 1 unspecified atom stereocenters. The standard InChI is InChI=1S/C13H25NO/c1-2-10-3-7-12(8-4-10)14-9-13(15)11-5-6-11/h10-15H,2-9H2,1H3. The van der Waals surface area contributed by atoms with E-state index in [9.17, 15) is 5.11 Å². The lowest BCUT2D eigenvalue weighted by Gasteiger charge is -2.29. The Morgan fingerprint density at radius 1 is 1.13 bits per heavy atom. The molecular weight excluding hydrogens is 186 g/mol. The maximum atomic E-state index is 9.76. The van der Waals surface area contributed by atoms with Crippen molar-refractivity contribution in [3.8, 4) is 0 Å². The first-order valence-electron chi connectivity index (χ1n) is 6.71. The van der Waals surface area contributed by atoms with Crippen LogP contribution in [0.2, 0.25) is 0 Å². The topological polar surface area (TPSA) is 32.3 Å². The van der Waals surface area contributed by atoms with Gasteiger partial charge in [0.15, 0.2) is 0 Å². The van der Waals surface area contributed by atoms with Gasteiger partial charge in [-0.2, -0.15) is 0 Å². The molecular formula is C13H25NO. The molecule has 0 bridgehead atoms. The van der Waals surface area contributed by atoms with E-state index in [-0.39, 0.29) is 6.10 Å². The summed E-state index contributed by atoms with van der Waals surface area (Å²) < 4.78 is 0. The molecule has 88 valence electrons. The van der Waals surface area contributed by atoms with Crippen molar-refractivity contribution < 1.29 is 5.11 Å². The summed E-state index contributed by atoms with van der Waals surface area (Å²) >= 11 is 0. The van der Waals surface area contributed by atoms with Crippen LogP contribution in [-0.4, -0.2) is 23.8 Å². The molecule has 1 atom stereocenters. The maximum Gasteiger partial charge on any atom is 0.0692 e. The van der Waals surface area contributed by atoms with Crippen LogP contribution in [-0.2, 0) is 0 Å². The first-order valence-corrected chi connectivity index (χ1v) is 6.71. The van der Waals surface area contributed by atoms with E-state index in [1.54, 1.807) is 0 Å². The fourth-order valence-electron chi connectivity index (χ4n) is 2.71. The molecule has 2 fully saturated rings. The van der Waals surface area contributed by atoms with Crippen molar-refractivity contribution >= 4 is 0 Å². The molecule has 2 saturated carbocycles. The summed E-state index contributed by atoms with van der Waals surface area (Å²) in [5, 5.41) is 13.3.